The number of nitrogens with one attached hydrogen (secondary N) is 1. The number of aliphatic hydroxyl groups is 3. The van der Waals surface area contributed by atoms with Gasteiger partial charge in [-0.15, -0.1) is 0 Å². The van der Waals surface area contributed by atoms with Crippen LogP contribution in [0.15, 0.2) is 65.4 Å². The van der Waals surface area contributed by atoms with Gasteiger partial charge < -0.3 is 30.9 Å². The summed E-state index contributed by atoms with van der Waals surface area (Å²) in [6.07, 6.45) is -3.05. The Morgan fingerprint density at radius 3 is 2.38 bits per heavy atom. The minimum Gasteiger partial charge on any atom is -0.508 e. The SMILES string of the molecule is NC(=O)C1=C(O)[C@@]2(O)C(=O)C3=C(O)c4c(O)cccc4C[C@H]3[C@H](OC(=O)Nc3ccccc3)[C@H]2CC1=O. The molecule has 0 aliphatic heterocycles. The summed E-state index contributed by atoms with van der Waals surface area (Å²) in [6.45, 7) is 0. The number of ketones is 2. The zero-order valence-corrected chi connectivity index (χ0v) is 19.2. The number of hydrogen-bond donors (Lipinski definition) is 6. The number of rotatable bonds is 3. The van der Waals surface area contributed by atoms with Gasteiger partial charge in [0.05, 0.1) is 5.56 Å². The first-order valence-corrected chi connectivity index (χ1v) is 11.4. The van der Waals surface area contributed by atoms with Crippen LogP contribution in [0.3, 0.4) is 0 Å². The van der Waals surface area contributed by atoms with Crippen LogP contribution >= 0.6 is 0 Å². The number of carbonyl (C=O) groups is 4. The summed E-state index contributed by atoms with van der Waals surface area (Å²) < 4.78 is 5.66. The molecule has 0 unspecified atom stereocenters. The lowest BCUT2D eigenvalue weighted by molar-refractivity contribution is -0.159. The number of phenolic OH excluding ortho intramolecular Hbond substituents is 1. The minimum atomic E-state index is -2.91. The van der Waals surface area contributed by atoms with E-state index in [1.54, 1.807) is 36.4 Å². The number of anilines is 1. The van der Waals surface area contributed by atoms with Crippen LogP contribution in [0.5, 0.6) is 5.75 Å². The lowest BCUT2D eigenvalue weighted by Gasteiger charge is -2.49. The van der Waals surface area contributed by atoms with Gasteiger partial charge >= 0.3 is 6.09 Å². The molecule has 11 heteroatoms. The number of ether oxygens (including phenoxy) is 1. The van der Waals surface area contributed by atoms with E-state index in [9.17, 15) is 39.6 Å². The summed E-state index contributed by atoms with van der Waals surface area (Å²) in [7, 11) is 0. The summed E-state index contributed by atoms with van der Waals surface area (Å²) in [6, 6.07) is 12.7. The van der Waals surface area contributed by atoms with E-state index < -0.39 is 76.2 Å². The van der Waals surface area contributed by atoms with Gasteiger partial charge in [-0.1, -0.05) is 30.3 Å². The quantitative estimate of drug-likeness (QED) is 0.335. The molecule has 4 atom stereocenters. The third-order valence-electron chi connectivity index (χ3n) is 7.14. The predicted octanol–water partition coefficient (Wildman–Crippen LogP) is 1.65. The molecule has 5 rings (SSSR count). The molecule has 3 aliphatic carbocycles. The second kappa shape index (κ2) is 8.49. The van der Waals surface area contributed by atoms with E-state index in [1.165, 1.54) is 12.1 Å². The van der Waals surface area contributed by atoms with Crippen molar-refractivity contribution in [2.24, 2.45) is 17.6 Å². The number of para-hydroxylation sites is 1. The molecule has 3 aliphatic rings. The molecular formula is C26H22N2O9. The highest BCUT2D eigenvalue weighted by Gasteiger charge is 2.65. The zero-order chi connectivity index (χ0) is 26.6. The Balaban J connectivity index is 1.67. The molecule has 0 radical (unpaired) electrons. The largest absolute Gasteiger partial charge is 0.508 e. The lowest BCUT2D eigenvalue weighted by atomic mass is 9.57. The lowest BCUT2D eigenvalue weighted by Crippen LogP contribution is -2.64. The molecule has 0 saturated heterocycles. The van der Waals surface area contributed by atoms with Crippen LogP contribution in [0.2, 0.25) is 0 Å². The summed E-state index contributed by atoms with van der Waals surface area (Å²) in [5.41, 5.74) is 1.71. The number of fused-ring (bicyclic) bond motifs is 3. The number of nitrogens with two attached hydrogens (primary N) is 1. The standard InChI is InChI=1S/C26H22N2O9/c27-24(34)19-16(30)10-14-21(37-25(35)28-12-6-2-1-3-7-12)13-9-11-5-4-8-15(29)17(11)20(31)18(13)22(32)26(14,36)23(19)33/h1-8,13-14,21,29,31,33,36H,9-10H2,(H2,27,34)(H,28,35)/t13-,14-,21+,26+/m1/s1. The van der Waals surface area contributed by atoms with Crippen molar-refractivity contribution in [1.82, 2.24) is 0 Å². The fourth-order valence-electron chi connectivity index (χ4n) is 5.51. The number of Topliss-reactive ketones (excluding diaryl/α,β-unsaturated/α-hetero) is 2. The summed E-state index contributed by atoms with van der Waals surface area (Å²) in [5, 5.41) is 46.4. The van der Waals surface area contributed by atoms with Gasteiger partial charge in [-0.3, -0.25) is 19.7 Å². The summed E-state index contributed by atoms with van der Waals surface area (Å²) in [4.78, 5) is 51.2. The second-order valence-electron chi connectivity index (χ2n) is 9.16. The fourth-order valence-corrected chi connectivity index (χ4v) is 5.51. The van der Waals surface area contributed by atoms with Crippen molar-refractivity contribution < 1.29 is 44.3 Å². The Morgan fingerprint density at radius 2 is 1.70 bits per heavy atom. The van der Waals surface area contributed by atoms with E-state index in [2.05, 4.69) is 5.32 Å². The van der Waals surface area contributed by atoms with E-state index >= 15 is 0 Å². The van der Waals surface area contributed by atoms with Crippen molar-refractivity contribution in [3.63, 3.8) is 0 Å². The maximum absolute atomic E-state index is 13.7. The maximum atomic E-state index is 13.7. The first-order valence-electron chi connectivity index (χ1n) is 11.4. The van der Waals surface area contributed by atoms with E-state index in [0.717, 1.165) is 0 Å². The van der Waals surface area contributed by atoms with E-state index in [4.69, 9.17) is 10.5 Å². The molecule has 2 amide bonds. The fraction of sp³-hybridized carbons (Fsp3) is 0.231. The Morgan fingerprint density at radius 1 is 1.00 bits per heavy atom. The van der Waals surface area contributed by atoms with E-state index in [1.807, 2.05) is 0 Å². The minimum absolute atomic E-state index is 0.00786. The third-order valence-corrected chi connectivity index (χ3v) is 7.14. The molecule has 7 N–H and O–H groups in total. The average Bonchev–Trinajstić information content (AvgIpc) is 2.84. The molecule has 1 fully saturated rings. The van der Waals surface area contributed by atoms with E-state index in [-0.39, 0.29) is 17.7 Å². The van der Waals surface area contributed by atoms with Gasteiger partial charge in [0, 0.05) is 29.5 Å². The molecule has 1 saturated carbocycles. The van der Waals surface area contributed by atoms with Crippen molar-refractivity contribution in [3.05, 3.63) is 76.6 Å². The first kappa shape index (κ1) is 24.1. The third kappa shape index (κ3) is 3.54. The molecule has 190 valence electrons. The van der Waals surface area contributed by atoms with Crippen molar-refractivity contribution in [1.29, 1.82) is 0 Å². The Kier molecular flexibility index (Phi) is 5.52. The van der Waals surface area contributed by atoms with Crippen LogP contribution in [-0.4, -0.2) is 55.7 Å². The molecule has 37 heavy (non-hydrogen) atoms. The van der Waals surface area contributed by atoms with Crippen LogP contribution < -0.4 is 11.1 Å². The highest BCUT2D eigenvalue weighted by Crippen LogP contribution is 2.52. The van der Waals surface area contributed by atoms with Crippen molar-refractivity contribution >= 4 is 35.0 Å². The Labute approximate surface area is 209 Å². The number of amides is 2. The summed E-state index contributed by atoms with van der Waals surface area (Å²) in [5.74, 6) is -8.32. The highest BCUT2D eigenvalue weighted by atomic mass is 16.6. The monoisotopic (exact) mass is 506 g/mol. The van der Waals surface area contributed by atoms with Gasteiger partial charge in [0.25, 0.3) is 5.91 Å². The number of primary amides is 1. The van der Waals surface area contributed by atoms with Crippen LogP contribution in [-0.2, 0) is 25.5 Å². The smallest absolute Gasteiger partial charge is 0.411 e. The van der Waals surface area contributed by atoms with Gasteiger partial charge in [-0.2, -0.15) is 0 Å². The number of aliphatic hydroxyl groups excluding tert-OH is 2. The number of benzene rings is 2. The molecule has 11 nitrogen and oxygen atoms in total. The molecular weight excluding hydrogens is 484 g/mol. The van der Waals surface area contributed by atoms with Gasteiger partial charge in [-0.05, 0) is 30.2 Å². The van der Waals surface area contributed by atoms with Crippen LogP contribution in [0.1, 0.15) is 17.5 Å². The van der Waals surface area contributed by atoms with Gasteiger partial charge in [0.2, 0.25) is 5.78 Å². The van der Waals surface area contributed by atoms with Gasteiger partial charge in [0.1, 0.15) is 28.9 Å². The number of aromatic hydroxyl groups is 1. The van der Waals surface area contributed by atoms with Gasteiger partial charge in [0.15, 0.2) is 11.4 Å². The maximum Gasteiger partial charge on any atom is 0.411 e. The topological polar surface area (TPSA) is 196 Å². The molecule has 0 bridgehead atoms. The first-order chi connectivity index (χ1) is 17.6. The molecule has 2 aromatic rings. The summed E-state index contributed by atoms with van der Waals surface area (Å²) >= 11 is 0. The predicted molar refractivity (Wildman–Crippen MR) is 127 cm³/mol. The highest BCUT2D eigenvalue weighted by molar-refractivity contribution is 6.23. The molecule has 0 spiro atoms. The molecule has 2 aromatic carbocycles. The Hall–Kier alpha value is -4.64. The average molecular weight is 506 g/mol. The zero-order valence-electron chi connectivity index (χ0n) is 19.2. The number of hydrogen-bond acceptors (Lipinski definition) is 9. The van der Waals surface area contributed by atoms with Crippen LogP contribution in [0, 0.1) is 11.8 Å². The van der Waals surface area contributed by atoms with Crippen molar-refractivity contribution in [2.45, 2.75) is 24.5 Å². The van der Waals surface area contributed by atoms with Gasteiger partial charge in [-0.25, -0.2) is 4.79 Å². The molecule has 0 aromatic heterocycles. The molecule has 0 heterocycles. The number of carbonyl (C=O) groups excluding carboxylic acids is 4. The van der Waals surface area contributed by atoms with Crippen molar-refractivity contribution in [2.75, 3.05) is 5.32 Å². The van der Waals surface area contributed by atoms with Crippen LogP contribution in [0.4, 0.5) is 10.5 Å². The van der Waals surface area contributed by atoms with E-state index in [0.29, 0.717) is 11.3 Å². The Bertz CT molecular complexity index is 1430. The second-order valence-corrected chi connectivity index (χ2v) is 9.16. The number of phenols is 1. The normalized spacial score (nSPS) is 26.7. The van der Waals surface area contributed by atoms with Crippen LogP contribution in [0.25, 0.3) is 5.76 Å². The van der Waals surface area contributed by atoms with Crippen molar-refractivity contribution in [3.8, 4) is 5.75 Å².